The van der Waals surface area contributed by atoms with Gasteiger partial charge in [0, 0.05) is 80.6 Å². The molecule has 5 N–H and O–H groups in total. The smallest absolute Gasteiger partial charge is 0.245 e. The number of aryl methyl sites for hydroxylation is 1. The van der Waals surface area contributed by atoms with Gasteiger partial charge in [0.15, 0.2) is 0 Å². The number of aromatic nitrogens is 1. The zero-order valence-corrected chi connectivity index (χ0v) is 28.6. The molecule has 5 rings (SSSR count). The fourth-order valence-electron chi connectivity index (χ4n) is 6.17. The van der Waals surface area contributed by atoms with Crippen LogP contribution < -0.4 is 11.5 Å². The Kier molecular flexibility index (Phi) is 14.7. The third kappa shape index (κ3) is 11.0. The van der Waals surface area contributed by atoms with Gasteiger partial charge in [-0.15, -0.1) is 0 Å². The number of piperazine rings is 1. The number of aliphatic hydroxyl groups is 1. The van der Waals surface area contributed by atoms with Crippen molar-refractivity contribution in [3.63, 3.8) is 0 Å². The summed E-state index contributed by atoms with van der Waals surface area (Å²) in [5.74, 6) is -0.548. The molecule has 3 aromatic rings. The van der Waals surface area contributed by atoms with Gasteiger partial charge in [-0.25, -0.2) is 0 Å². The van der Waals surface area contributed by atoms with Crippen LogP contribution in [0, 0.1) is 6.92 Å². The van der Waals surface area contributed by atoms with Crippen molar-refractivity contribution >= 4 is 18.2 Å². The van der Waals surface area contributed by atoms with E-state index in [0.29, 0.717) is 23.3 Å². The molecule has 1 aromatic heterocycles. The van der Waals surface area contributed by atoms with E-state index in [-0.39, 0.29) is 13.2 Å². The molecular formula is C39H52N6O3. The molecule has 2 aromatic carbocycles. The molecule has 1 unspecified atom stereocenters. The molecule has 2 heterocycles. The molecule has 2 fully saturated rings. The number of pyridine rings is 1. The van der Waals surface area contributed by atoms with Crippen LogP contribution in [0.4, 0.5) is 0 Å². The molecule has 2 aliphatic rings. The van der Waals surface area contributed by atoms with Crippen molar-refractivity contribution in [3.8, 4) is 11.1 Å². The number of aliphatic imine (C=N–C) groups is 1. The lowest BCUT2D eigenvalue weighted by molar-refractivity contribution is -0.114. The molecule has 48 heavy (non-hydrogen) atoms. The Labute approximate surface area is 286 Å². The van der Waals surface area contributed by atoms with Crippen molar-refractivity contribution < 1.29 is 14.6 Å². The van der Waals surface area contributed by atoms with Crippen molar-refractivity contribution in [3.05, 3.63) is 107 Å². The van der Waals surface area contributed by atoms with E-state index in [0.717, 1.165) is 50.5 Å². The van der Waals surface area contributed by atoms with Crippen LogP contribution in [0.2, 0.25) is 0 Å². The Bertz CT molecular complexity index is 1510. The van der Waals surface area contributed by atoms with Gasteiger partial charge in [0.2, 0.25) is 5.91 Å². The van der Waals surface area contributed by atoms with Crippen LogP contribution in [0.1, 0.15) is 60.9 Å². The second-order valence-corrected chi connectivity index (χ2v) is 12.6. The number of hydrogen-bond acceptors (Lipinski definition) is 8. The van der Waals surface area contributed by atoms with Crippen LogP contribution in [-0.2, 0) is 16.1 Å². The SMILES string of the molecule is C=N/C=C(\C=C(/CN)C(N)=O)c1cncc(C)c1.CC(c1ccc(-c2ccc(COC3CCCC3)cc2)cc1)N1CCN(CCO)CC1. The fraction of sp³-hybridized carbons (Fsp3) is 0.410. The van der Waals surface area contributed by atoms with Gasteiger partial charge < -0.3 is 21.3 Å². The number of allylic oxidation sites excluding steroid dienone is 2. The second-order valence-electron chi connectivity index (χ2n) is 12.6. The molecule has 9 heteroatoms. The molecule has 0 spiro atoms. The number of carbonyl (C=O) groups excluding carboxylic acids is 1. The van der Waals surface area contributed by atoms with E-state index < -0.39 is 5.91 Å². The zero-order chi connectivity index (χ0) is 34.3. The standard InChI is InChI=1S/C26H36N2O2.C13H16N4O/c1-21(28-16-14-27(15-17-28)18-19-29)23-10-12-25(13-11-23)24-8-6-22(7-9-24)20-30-26-4-2-3-5-26;1-9-3-11(8-17-6-9)12(7-16-2)4-10(5-14)13(15)18/h6-13,21,26,29H,2-5,14-20H2,1H3;3-4,6-8H,2,5,14H2,1H3,(H2,15,18)/b;10-4+,12-7+. The summed E-state index contributed by atoms with van der Waals surface area (Å²) in [5.41, 5.74) is 18.7. The van der Waals surface area contributed by atoms with Crippen molar-refractivity contribution in [1.29, 1.82) is 0 Å². The lowest BCUT2D eigenvalue weighted by Gasteiger charge is -2.38. The number of β-amino-alcohol motifs (C(OH)–C–C–N with tert-alkyl or cyclic N) is 1. The summed E-state index contributed by atoms with van der Waals surface area (Å²) in [5, 5.41) is 9.12. The van der Waals surface area contributed by atoms with E-state index in [1.165, 1.54) is 54.1 Å². The molecule has 1 saturated heterocycles. The normalized spacial score (nSPS) is 17.1. The first kappa shape index (κ1) is 36.8. The predicted molar refractivity (Wildman–Crippen MR) is 195 cm³/mol. The molecule has 1 aliphatic carbocycles. The number of primary amides is 1. The number of amides is 1. The fourth-order valence-corrected chi connectivity index (χ4v) is 6.17. The Morgan fingerprint density at radius 3 is 2.27 bits per heavy atom. The summed E-state index contributed by atoms with van der Waals surface area (Å²) < 4.78 is 6.03. The Morgan fingerprint density at radius 1 is 1.06 bits per heavy atom. The monoisotopic (exact) mass is 652 g/mol. The first-order valence-corrected chi connectivity index (χ1v) is 17.0. The summed E-state index contributed by atoms with van der Waals surface area (Å²) in [6.07, 6.45) is 12.1. The lowest BCUT2D eigenvalue weighted by Crippen LogP contribution is -2.47. The maximum absolute atomic E-state index is 11.2. The molecule has 0 bridgehead atoms. The highest BCUT2D eigenvalue weighted by Crippen LogP contribution is 2.27. The summed E-state index contributed by atoms with van der Waals surface area (Å²) in [6, 6.07) is 20.2. The molecular weight excluding hydrogens is 600 g/mol. The van der Waals surface area contributed by atoms with E-state index >= 15 is 0 Å². The highest BCUT2D eigenvalue weighted by molar-refractivity contribution is 5.95. The zero-order valence-electron chi connectivity index (χ0n) is 28.6. The van der Waals surface area contributed by atoms with Gasteiger partial charge in [-0.1, -0.05) is 61.4 Å². The van der Waals surface area contributed by atoms with E-state index in [1.807, 2.05) is 13.0 Å². The van der Waals surface area contributed by atoms with Gasteiger partial charge in [-0.05, 0) is 73.4 Å². The van der Waals surface area contributed by atoms with Crippen LogP contribution in [0.25, 0.3) is 16.7 Å². The van der Waals surface area contributed by atoms with Crippen LogP contribution in [0.3, 0.4) is 0 Å². The summed E-state index contributed by atoms with van der Waals surface area (Å²) in [4.78, 5) is 23.8. The summed E-state index contributed by atoms with van der Waals surface area (Å²) in [7, 11) is 0. The van der Waals surface area contributed by atoms with Gasteiger partial charge >= 0.3 is 0 Å². The average Bonchev–Trinajstić information content (AvgIpc) is 3.64. The van der Waals surface area contributed by atoms with Crippen molar-refractivity contribution in [2.24, 2.45) is 16.5 Å². The van der Waals surface area contributed by atoms with Gasteiger partial charge in [-0.2, -0.15) is 0 Å². The lowest BCUT2D eigenvalue weighted by atomic mass is 9.99. The summed E-state index contributed by atoms with van der Waals surface area (Å²) >= 11 is 0. The highest BCUT2D eigenvalue weighted by atomic mass is 16.5. The Hall–Kier alpha value is -3.99. The van der Waals surface area contributed by atoms with E-state index in [1.54, 1.807) is 18.5 Å². The largest absolute Gasteiger partial charge is 0.395 e. The van der Waals surface area contributed by atoms with Crippen molar-refractivity contribution in [1.82, 2.24) is 14.8 Å². The van der Waals surface area contributed by atoms with Crippen LogP contribution >= 0.6 is 0 Å². The van der Waals surface area contributed by atoms with E-state index in [2.05, 4.69) is 81.9 Å². The number of aliphatic hydroxyl groups excluding tert-OH is 1. The first-order valence-electron chi connectivity index (χ1n) is 17.0. The summed E-state index contributed by atoms with van der Waals surface area (Å²) in [6.45, 7) is 13.7. The number of carbonyl (C=O) groups is 1. The number of hydrogen-bond donors (Lipinski definition) is 3. The highest BCUT2D eigenvalue weighted by Gasteiger charge is 2.22. The van der Waals surface area contributed by atoms with E-state index in [9.17, 15) is 4.79 Å². The van der Waals surface area contributed by atoms with Crippen LogP contribution in [0.5, 0.6) is 0 Å². The minimum atomic E-state index is -0.548. The third-order valence-electron chi connectivity index (χ3n) is 9.14. The molecule has 9 nitrogen and oxygen atoms in total. The minimum Gasteiger partial charge on any atom is -0.395 e. The molecule has 0 radical (unpaired) electrons. The number of nitrogens with two attached hydrogens (primary N) is 2. The topological polar surface area (TPSA) is 130 Å². The average molecular weight is 653 g/mol. The van der Waals surface area contributed by atoms with Gasteiger partial charge in [-0.3, -0.25) is 24.6 Å². The van der Waals surface area contributed by atoms with Gasteiger partial charge in [0.05, 0.1) is 19.3 Å². The number of nitrogens with zero attached hydrogens (tertiary/aromatic N) is 4. The van der Waals surface area contributed by atoms with Crippen LogP contribution in [0.15, 0.2) is 89.8 Å². The quantitative estimate of drug-likeness (QED) is 0.130. The predicted octanol–water partition coefficient (Wildman–Crippen LogP) is 5.29. The number of ether oxygens (including phenoxy) is 1. The first-order chi connectivity index (χ1) is 23.3. The number of rotatable bonds is 13. The molecule has 1 amide bonds. The maximum atomic E-state index is 11.2. The minimum absolute atomic E-state index is 0.0725. The molecule has 1 saturated carbocycles. The molecule has 256 valence electrons. The van der Waals surface area contributed by atoms with Gasteiger partial charge in [0.1, 0.15) is 0 Å². The second kappa shape index (κ2) is 19.1. The Balaban J connectivity index is 0.000000248. The maximum Gasteiger partial charge on any atom is 0.245 e. The van der Waals surface area contributed by atoms with Gasteiger partial charge in [0.25, 0.3) is 0 Å². The molecule has 1 aliphatic heterocycles. The molecule has 1 atom stereocenters. The van der Waals surface area contributed by atoms with E-state index in [4.69, 9.17) is 21.3 Å². The van der Waals surface area contributed by atoms with Crippen molar-refractivity contribution in [2.45, 2.75) is 58.3 Å². The Morgan fingerprint density at radius 2 is 1.71 bits per heavy atom. The van der Waals surface area contributed by atoms with Crippen LogP contribution in [-0.4, -0.2) is 84.5 Å². The number of benzene rings is 2. The van der Waals surface area contributed by atoms with Crippen molar-refractivity contribution in [2.75, 3.05) is 45.9 Å². The third-order valence-corrected chi connectivity index (χ3v) is 9.14.